The highest BCUT2D eigenvalue weighted by Gasteiger charge is 2.10. The summed E-state index contributed by atoms with van der Waals surface area (Å²) >= 11 is 5.27. The minimum absolute atomic E-state index is 0.924. The maximum atomic E-state index is 4.58. The van der Waals surface area contributed by atoms with Gasteiger partial charge in [-0.3, -0.25) is 0 Å². The lowest BCUT2D eigenvalue weighted by molar-refractivity contribution is 0.880. The number of anilines is 1. The van der Waals surface area contributed by atoms with Gasteiger partial charge in [0.1, 0.15) is 0 Å². The van der Waals surface area contributed by atoms with Gasteiger partial charge in [0.2, 0.25) is 0 Å². The summed E-state index contributed by atoms with van der Waals surface area (Å²) in [6.45, 7) is 2.19. The number of nitrogens with zero attached hydrogens (tertiary/aromatic N) is 2. The summed E-state index contributed by atoms with van der Waals surface area (Å²) in [6, 6.07) is 0. The van der Waals surface area contributed by atoms with Crippen LogP contribution in [0, 0.1) is 0 Å². The SMILES string of the molecule is CCCc1nc(N(C)C)sc1CBr. The molecule has 0 N–H and O–H groups in total. The van der Waals surface area contributed by atoms with E-state index in [1.54, 1.807) is 11.3 Å². The van der Waals surface area contributed by atoms with Crippen LogP contribution in [0.1, 0.15) is 23.9 Å². The molecule has 0 radical (unpaired) electrons. The average Bonchev–Trinajstić information content (AvgIpc) is 2.48. The summed E-state index contributed by atoms with van der Waals surface area (Å²) in [4.78, 5) is 8.02. The van der Waals surface area contributed by atoms with Gasteiger partial charge in [-0.25, -0.2) is 4.98 Å². The number of rotatable bonds is 4. The summed E-state index contributed by atoms with van der Waals surface area (Å²) in [5.41, 5.74) is 1.26. The van der Waals surface area contributed by atoms with Crippen molar-refractivity contribution in [3.05, 3.63) is 10.6 Å². The van der Waals surface area contributed by atoms with Crippen LogP contribution in [0.25, 0.3) is 0 Å². The number of hydrogen-bond acceptors (Lipinski definition) is 3. The molecule has 13 heavy (non-hydrogen) atoms. The van der Waals surface area contributed by atoms with Crippen molar-refractivity contribution >= 4 is 32.4 Å². The molecule has 0 aliphatic carbocycles. The largest absolute Gasteiger partial charge is 0.354 e. The Kier molecular flexibility index (Phi) is 4.19. The fraction of sp³-hybridized carbons (Fsp3) is 0.667. The van der Waals surface area contributed by atoms with Crippen LogP contribution in [0.4, 0.5) is 5.13 Å². The average molecular weight is 263 g/mol. The zero-order valence-corrected chi connectivity index (χ0v) is 10.7. The van der Waals surface area contributed by atoms with E-state index in [1.807, 2.05) is 14.1 Å². The van der Waals surface area contributed by atoms with Crippen molar-refractivity contribution in [2.45, 2.75) is 25.1 Å². The van der Waals surface area contributed by atoms with Crippen molar-refractivity contribution in [2.75, 3.05) is 19.0 Å². The van der Waals surface area contributed by atoms with Gasteiger partial charge in [0.15, 0.2) is 5.13 Å². The molecule has 0 spiro atoms. The molecular formula is C9H15BrN2S. The third kappa shape index (κ3) is 2.68. The number of alkyl halides is 1. The highest BCUT2D eigenvalue weighted by Crippen LogP contribution is 2.27. The molecular weight excluding hydrogens is 248 g/mol. The lowest BCUT2D eigenvalue weighted by Gasteiger charge is -2.05. The van der Waals surface area contributed by atoms with E-state index in [9.17, 15) is 0 Å². The lowest BCUT2D eigenvalue weighted by atomic mass is 10.2. The molecule has 0 amide bonds. The second-order valence-corrected chi connectivity index (χ2v) is 4.77. The summed E-state index contributed by atoms with van der Waals surface area (Å²) in [5.74, 6) is 0. The Morgan fingerprint density at radius 3 is 2.62 bits per heavy atom. The standard InChI is InChI=1S/C9H15BrN2S/c1-4-5-7-8(6-10)13-9(11-7)12(2)3/h4-6H2,1-3H3. The van der Waals surface area contributed by atoms with Gasteiger partial charge in [-0.1, -0.05) is 29.3 Å². The molecule has 0 fully saturated rings. The number of aromatic nitrogens is 1. The first kappa shape index (κ1) is 11.0. The van der Waals surface area contributed by atoms with Crippen LogP contribution in [0.2, 0.25) is 0 Å². The van der Waals surface area contributed by atoms with E-state index in [-0.39, 0.29) is 0 Å². The lowest BCUT2D eigenvalue weighted by Crippen LogP contribution is -2.07. The molecule has 1 rings (SSSR count). The van der Waals surface area contributed by atoms with Crippen LogP contribution in [0.15, 0.2) is 0 Å². The van der Waals surface area contributed by atoms with Crippen LogP contribution in [-0.2, 0) is 11.8 Å². The van der Waals surface area contributed by atoms with E-state index in [0.29, 0.717) is 0 Å². The molecule has 0 saturated carbocycles. The van der Waals surface area contributed by atoms with E-state index >= 15 is 0 Å². The van der Waals surface area contributed by atoms with Crippen molar-refractivity contribution in [2.24, 2.45) is 0 Å². The molecule has 74 valence electrons. The van der Waals surface area contributed by atoms with Crippen molar-refractivity contribution < 1.29 is 0 Å². The first-order valence-electron chi connectivity index (χ1n) is 4.40. The van der Waals surface area contributed by atoms with Gasteiger partial charge in [0.25, 0.3) is 0 Å². The van der Waals surface area contributed by atoms with Gasteiger partial charge in [-0.2, -0.15) is 0 Å². The molecule has 0 aliphatic rings. The number of halogens is 1. The summed E-state index contributed by atoms with van der Waals surface area (Å²) in [7, 11) is 4.07. The third-order valence-electron chi connectivity index (χ3n) is 1.76. The van der Waals surface area contributed by atoms with Crippen LogP contribution in [0.3, 0.4) is 0 Å². The van der Waals surface area contributed by atoms with E-state index < -0.39 is 0 Å². The van der Waals surface area contributed by atoms with Gasteiger partial charge in [-0.15, -0.1) is 11.3 Å². The fourth-order valence-corrected chi connectivity index (χ4v) is 2.64. The zero-order chi connectivity index (χ0) is 9.84. The van der Waals surface area contributed by atoms with Crippen LogP contribution < -0.4 is 4.90 Å². The third-order valence-corrected chi connectivity index (χ3v) is 3.95. The van der Waals surface area contributed by atoms with E-state index in [2.05, 4.69) is 32.7 Å². The van der Waals surface area contributed by atoms with Crippen LogP contribution in [0.5, 0.6) is 0 Å². The number of thiazole rings is 1. The molecule has 0 saturated heterocycles. The Bertz CT molecular complexity index is 271. The van der Waals surface area contributed by atoms with Crippen molar-refractivity contribution in [1.82, 2.24) is 4.98 Å². The maximum Gasteiger partial charge on any atom is 0.185 e. The Morgan fingerprint density at radius 1 is 1.46 bits per heavy atom. The summed E-state index contributed by atoms with van der Waals surface area (Å²) < 4.78 is 0. The topological polar surface area (TPSA) is 16.1 Å². The quantitative estimate of drug-likeness (QED) is 0.776. The van der Waals surface area contributed by atoms with E-state index in [0.717, 1.165) is 23.3 Å². The summed E-state index contributed by atoms with van der Waals surface area (Å²) in [6.07, 6.45) is 2.25. The first-order chi connectivity index (χ1) is 6.19. The van der Waals surface area contributed by atoms with Gasteiger partial charge >= 0.3 is 0 Å². The van der Waals surface area contributed by atoms with Gasteiger partial charge in [0, 0.05) is 24.3 Å². The zero-order valence-electron chi connectivity index (χ0n) is 8.30. The predicted octanol–water partition coefficient (Wildman–Crippen LogP) is 3.06. The Balaban J connectivity index is 2.90. The number of aryl methyl sites for hydroxylation is 1. The second kappa shape index (κ2) is 4.96. The van der Waals surface area contributed by atoms with Gasteiger partial charge in [-0.05, 0) is 6.42 Å². The summed E-state index contributed by atoms with van der Waals surface area (Å²) in [5, 5.41) is 2.03. The smallest absolute Gasteiger partial charge is 0.185 e. The molecule has 0 unspecified atom stereocenters. The van der Waals surface area contributed by atoms with Crippen molar-refractivity contribution in [3.8, 4) is 0 Å². The molecule has 1 aromatic heterocycles. The molecule has 0 atom stereocenters. The first-order valence-corrected chi connectivity index (χ1v) is 6.34. The highest BCUT2D eigenvalue weighted by atomic mass is 79.9. The molecule has 4 heteroatoms. The van der Waals surface area contributed by atoms with E-state index in [1.165, 1.54) is 10.6 Å². The fourth-order valence-electron chi connectivity index (χ4n) is 1.10. The van der Waals surface area contributed by atoms with Gasteiger partial charge < -0.3 is 4.90 Å². The van der Waals surface area contributed by atoms with Crippen LogP contribution in [-0.4, -0.2) is 19.1 Å². The second-order valence-electron chi connectivity index (χ2n) is 3.14. The monoisotopic (exact) mass is 262 g/mol. The molecule has 1 aromatic rings. The maximum absolute atomic E-state index is 4.58. The molecule has 2 nitrogen and oxygen atoms in total. The Labute approximate surface area is 92.1 Å². The van der Waals surface area contributed by atoms with E-state index in [4.69, 9.17) is 0 Å². The molecule has 0 aliphatic heterocycles. The normalized spacial score (nSPS) is 10.5. The minimum atomic E-state index is 0.924. The number of hydrogen-bond donors (Lipinski definition) is 0. The molecule has 0 aromatic carbocycles. The predicted molar refractivity (Wildman–Crippen MR) is 63.1 cm³/mol. The highest BCUT2D eigenvalue weighted by molar-refractivity contribution is 9.08. The Morgan fingerprint density at radius 2 is 2.15 bits per heavy atom. The van der Waals surface area contributed by atoms with Crippen LogP contribution >= 0.6 is 27.3 Å². The molecule has 0 bridgehead atoms. The Hall–Kier alpha value is -0.0900. The van der Waals surface area contributed by atoms with Crippen molar-refractivity contribution in [1.29, 1.82) is 0 Å². The van der Waals surface area contributed by atoms with Gasteiger partial charge in [0.05, 0.1) is 5.69 Å². The molecule has 1 heterocycles. The van der Waals surface area contributed by atoms with Crippen molar-refractivity contribution in [3.63, 3.8) is 0 Å². The minimum Gasteiger partial charge on any atom is -0.354 e.